The van der Waals surface area contributed by atoms with Crippen molar-refractivity contribution in [2.24, 2.45) is 11.7 Å². The van der Waals surface area contributed by atoms with Gasteiger partial charge in [0.25, 0.3) is 11.8 Å². The SMILES string of the molecule is CC(C)C[C@H](NC(=O)[C@@H]1O[C@H]1C(=O)NCCc1ccc(-c2ccccc2)cc1)C(=O)N[C@@H](Cc1ccc(O)cc1)C(N)=O. The summed E-state index contributed by atoms with van der Waals surface area (Å²) in [7, 11) is 0. The van der Waals surface area contributed by atoms with Crippen LogP contribution < -0.4 is 21.7 Å². The first-order chi connectivity index (χ1) is 20.6. The molecule has 4 rings (SSSR count). The molecule has 6 N–H and O–H groups in total. The summed E-state index contributed by atoms with van der Waals surface area (Å²) in [6.45, 7) is 4.17. The zero-order valence-corrected chi connectivity index (χ0v) is 24.3. The molecule has 0 bridgehead atoms. The number of aromatic hydroxyl groups is 1. The Morgan fingerprint density at radius 2 is 1.40 bits per heavy atom. The number of primary amides is 1. The molecule has 0 aliphatic carbocycles. The monoisotopic (exact) mass is 586 g/mol. The molecule has 0 radical (unpaired) electrons. The van der Waals surface area contributed by atoms with Crippen LogP contribution in [0.1, 0.15) is 31.4 Å². The van der Waals surface area contributed by atoms with E-state index in [4.69, 9.17) is 10.5 Å². The Hall–Kier alpha value is -4.70. The van der Waals surface area contributed by atoms with Gasteiger partial charge in [-0.3, -0.25) is 19.2 Å². The molecule has 0 aromatic heterocycles. The zero-order chi connectivity index (χ0) is 30.9. The van der Waals surface area contributed by atoms with E-state index >= 15 is 0 Å². The van der Waals surface area contributed by atoms with E-state index in [0.717, 1.165) is 16.7 Å². The van der Waals surface area contributed by atoms with Crippen molar-refractivity contribution in [3.63, 3.8) is 0 Å². The van der Waals surface area contributed by atoms with Crippen molar-refractivity contribution in [2.75, 3.05) is 6.54 Å². The van der Waals surface area contributed by atoms with E-state index in [0.29, 0.717) is 24.9 Å². The largest absolute Gasteiger partial charge is 0.508 e. The molecular formula is C33H38N4O6. The number of benzene rings is 3. The van der Waals surface area contributed by atoms with Gasteiger partial charge < -0.3 is 31.5 Å². The third-order valence-corrected chi connectivity index (χ3v) is 7.16. The molecule has 0 spiro atoms. The third kappa shape index (κ3) is 9.14. The van der Waals surface area contributed by atoms with Gasteiger partial charge in [-0.05, 0) is 53.1 Å². The highest BCUT2D eigenvalue weighted by Gasteiger charge is 2.51. The van der Waals surface area contributed by atoms with Gasteiger partial charge in [-0.2, -0.15) is 0 Å². The predicted octanol–water partition coefficient (Wildman–Crippen LogP) is 2.23. The van der Waals surface area contributed by atoms with Gasteiger partial charge in [0.15, 0.2) is 12.2 Å². The van der Waals surface area contributed by atoms with E-state index in [1.165, 1.54) is 12.1 Å². The Balaban J connectivity index is 1.25. The van der Waals surface area contributed by atoms with Gasteiger partial charge in [0, 0.05) is 13.0 Å². The van der Waals surface area contributed by atoms with E-state index in [9.17, 15) is 24.3 Å². The molecule has 4 atom stereocenters. The number of carbonyl (C=O) groups is 4. The minimum atomic E-state index is -1.02. The van der Waals surface area contributed by atoms with Gasteiger partial charge >= 0.3 is 0 Å². The second-order valence-electron chi connectivity index (χ2n) is 11.1. The van der Waals surface area contributed by atoms with E-state index in [1.54, 1.807) is 12.1 Å². The van der Waals surface area contributed by atoms with Gasteiger partial charge in [-0.1, -0.05) is 80.6 Å². The summed E-state index contributed by atoms with van der Waals surface area (Å²) in [6, 6.07) is 22.4. The molecule has 3 aromatic rings. The molecule has 1 aliphatic rings. The lowest BCUT2D eigenvalue weighted by Gasteiger charge is -2.23. The van der Waals surface area contributed by atoms with Gasteiger partial charge in [-0.25, -0.2) is 0 Å². The lowest BCUT2D eigenvalue weighted by atomic mass is 10.0. The summed E-state index contributed by atoms with van der Waals surface area (Å²) < 4.78 is 5.35. The van der Waals surface area contributed by atoms with Crippen molar-refractivity contribution in [2.45, 2.75) is 57.4 Å². The van der Waals surface area contributed by atoms with Crippen molar-refractivity contribution < 1.29 is 29.0 Å². The van der Waals surface area contributed by atoms with Crippen molar-refractivity contribution >= 4 is 23.6 Å². The number of ether oxygens (including phenoxy) is 1. The molecule has 1 heterocycles. The van der Waals surface area contributed by atoms with Gasteiger partial charge in [0.1, 0.15) is 17.8 Å². The second kappa shape index (κ2) is 14.5. The van der Waals surface area contributed by atoms with Crippen LogP contribution in [0.5, 0.6) is 5.75 Å². The quantitative estimate of drug-likeness (QED) is 0.182. The number of rotatable bonds is 14. The van der Waals surface area contributed by atoms with E-state index in [-0.39, 0.29) is 18.1 Å². The highest BCUT2D eigenvalue weighted by atomic mass is 16.6. The summed E-state index contributed by atoms with van der Waals surface area (Å²) in [5.41, 5.74) is 9.53. The number of phenolic OH excluding ortho intramolecular Hbond substituents is 1. The predicted molar refractivity (Wildman–Crippen MR) is 162 cm³/mol. The highest BCUT2D eigenvalue weighted by molar-refractivity contribution is 5.97. The number of amides is 4. The van der Waals surface area contributed by atoms with E-state index in [1.807, 2.05) is 68.4 Å². The number of carbonyl (C=O) groups excluding carboxylic acids is 4. The molecule has 4 amide bonds. The second-order valence-corrected chi connectivity index (χ2v) is 11.1. The van der Waals surface area contributed by atoms with Crippen LogP contribution in [-0.4, -0.2) is 59.6 Å². The number of hydrogen-bond acceptors (Lipinski definition) is 6. The Morgan fingerprint density at radius 1 is 0.791 bits per heavy atom. The average molecular weight is 587 g/mol. The molecule has 0 unspecified atom stereocenters. The highest BCUT2D eigenvalue weighted by Crippen LogP contribution is 2.23. The summed E-state index contributed by atoms with van der Waals surface area (Å²) in [5.74, 6) is -2.15. The molecule has 1 saturated heterocycles. The number of epoxide rings is 1. The third-order valence-electron chi connectivity index (χ3n) is 7.16. The molecule has 10 heteroatoms. The standard InChI is InChI=1S/C33H38N4O6/c1-20(2)18-27(31(40)36-26(30(34)39)19-22-10-14-25(38)15-11-22)37-33(42)29-28(43-29)32(41)35-17-16-21-8-12-24(13-9-21)23-6-4-3-5-7-23/h3-15,20,26-29,38H,16-19H2,1-2H3,(H2,34,39)(H,35,41)(H,36,40)(H,37,42)/t26-,27-,28+,29+/m0/s1. The summed E-state index contributed by atoms with van der Waals surface area (Å²) >= 11 is 0. The Kier molecular flexibility index (Phi) is 10.5. The van der Waals surface area contributed by atoms with Crippen LogP contribution in [0.3, 0.4) is 0 Å². The lowest BCUT2D eigenvalue weighted by Crippen LogP contribution is -2.54. The van der Waals surface area contributed by atoms with Crippen LogP contribution in [0.4, 0.5) is 0 Å². The van der Waals surface area contributed by atoms with E-state index < -0.39 is 47.9 Å². The molecule has 226 valence electrons. The zero-order valence-electron chi connectivity index (χ0n) is 24.3. The maximum atomic E-state index is 13.1. The molecule has 43 heavy (non-hydrogen) atoms. The van der Waals surface area contributed by atoms with E-state index in [2.05, 4.69) is 16.0 Å². The van der Waals surface area contributed by atoms with Crippen LogP contribution in [0.2, 0.25) is 0 Å². The molecule has 3 aromatic carbocycles. The van der Waals surface area contributed by atoms with Gasteiger partial charge in [-0.15, -0.1) is 0 Å². The Labute approximate surface area is 251 Å². The van der Waals surface area contributed by atoms with Crippen molar-refractivity contribution in [3.05, 3.63) is 90.0 Å². The van der Waals surface area contributed by atoms with Crippen LogP contribution in [0.25, 0.3) is 11.1 Å². The maximum absolute atomic E-state index is 13.1. The minimum absolute atomic E-state index is 0.0427. The summed E-state index contributed by atoms with van der Waals surface area (Å²) in [4.78, 5) is 50.7. The van der Waals surface area contributed by atoms with Crippen molar-refractivity contribution in [1.29, 1.82) is 0 Å². The van der Waals surface area contributed by atoms with Crippen molar-refractivity contribution in [1.82, 2.24) is 16.0 Å². The van der Waals surface area contributed by atoms with Gasteiger partial charge in [0.05, 0.1) is 0 Å². The smallest absolute Gasteiger partial charge is 0.253 e. The number of hydrogen-bond donors (Lipinski definition) is 5. The fourth-order valence-electron chi connectivity index (χ4n) is 4.76. The average Bonchev–Trinajstić information content (AvgIpc) is 3.79. The molecule has 1 aliphatic heterocycles. The van der Waals surface area contributed by atoms with Crippen LogP contribution in [-0.2, 0) is 36.8 Å². The van der Waals surface area contributed by atoms with Crippen LogP contribution in [0, 0.1) is 5.92 Å². The lowest BCUT2D eigenvalue weighted by molar-refractivity contribution is -0.132. The first-order valence-corrected chi connectivity index (χ1v) is 14.4. The fourth-order valence-corrected chi connectivity index (χ4v) is 4.76. The molecule has 10 nitrogen and oxygen atoms in total. The topological polar surface area (TPSA) is 163 Å². The Morgan fingerprint density at radius 3 is 2.02 bits per heavy atom. The minimum Gasteiger partial charge on any atom is -0.508 e. The molecular weight excluding hydrogens is 548 g/mol. The fraction of sp³-hybridized carbons (Fsp3) is 0.333. The summed E-state index contributed by atoms with van der Waals surface area (Å²) in [5, 5.41) is 17.6. The Bertz CT molecular complexity index is 1410. The van der Waals surface area contributed by atoms with Gasteiger partial charge in [0.2, 0.25) is 11.8 Å². The van der Waals surface area contributed by atoms with Crippen LogP contribution >= 0.6 is 0 Å². The number of nitrogens with two attached hydrogens (primary N) is 1. The first kappa shape index (κ1) is 31.2. The maximum Gasteiger partial charge on any atom is 0.253 e. The molecule has 0 saturated carbocycles. The summed E-state index contributed by atoms with van der Waals surface area (Å²) in [6.07, 6.45) is -0.900. The number of nitrogens with one attached hydrogen (secondary N) is 3. The van der Waals surface area contributed by atoms with Crippen molar-refractivity contribution in [3.8, 4) is 16.9 Å². The molecule has 1 fully saturated rings. The normalized spacial score (nSPS) is 17.0. The van der Waals surface area contributed by atoms with Crippen LogP contribution in [0.15, 0.2) is 78.9 Å². The first-order valence-electron chi connectivity index (χ1n) is 14.4. The number of phenols is 1.